The van der Waals surface area contributed by atoms with Gasteiger partial charge in [0.1, 0.15) is 11.0 Å². The maximum absolute atomic E-state index is 13.4. The molecule has 0 bridgehead atoms. The van der Waals surface area contributed by atoms with Gasteiger partial charge in [0.2, 0.25) is 5.91 Å². The predicted octanol–water partition coefficient (Wildman–Crippen LogP) is 3.61. The van der Waals surface area contributed by atoms with Crippen LogP contribution in [-0.4, -0.2) is 26.8 Å². The lowest BCUT2D eigenvalue weighted by Gasteiger charge is -2.19. The van der Waals surface area contributed by atoms with Crippen LogP contribution in [0.2, 0.25) is 0 Å². The number of alkyl halides is 3. The maximum atomic E-state index is 13.4. The Kier molecular flexibility index (Phi) is 4.85. The summed E-state index contributed by atoms with van der Waals surface area (Å²) in [6.07, 6.45) is -1.97. The molecule has 0 unspecified atom stereocenters. The molecule has 1 aliphatic rings. The number of aromatic nitrogens is 2. The number of hydrogen-bond acceptors (Lipinski definition) is 4. The van der Waals surface area contributed by atoms with Gasteiger partial charge in [0.05, 0.1) is 18.0 Å². The number of carbonyl (C=O) groups is 2. The number of carboxylic acids is 1. The number of benzene rings is 1. The summed E-state index contributed by atoms with van der Waals surface area (Å²) in [4.78, 5) is 23.6. The zero-order valence-corrected chi connectivity index (χ0v) is 14.5. The summed E-state index contributed by atoms with van der Waals surface area (Å²) in [5.41, 5.74) is -3.43. The normalized spacial score (nSPS) is 15.8. The summed E-state index contributed by atoms with van der Waals surface area (Å²) in [5, 5.41) is 24.5. The standard InChI is InChI=1S/C18H15F3N4O3/c19-18(20,21)14-13(15(26)27)9-23-25(14)12-5-3-4-11(8-12)24-16(28)17(10-22)6-1-2-7-17/h3-5,8-9H,1-2,6-7H2,(H,24,28)(H,26,27). The SMILES string of the molecule is N#CC1(C(=O)Nc2cccc(-n3ncc(C(=O)O)c3C(F)(F)F)c2)CCCC1. The van der Waals surface area contributed by atoms with Gasteiger partial charge in [0, 0.05) is 5.69 Å². The number of hydrogen-bond donors (Lipinski definition) is 2. The van der Waals surface area contributed by atoms with E-state index < -0.39 is 34.7 Å². The average molecular weight is 392 g/mol. The van der Waals surface area contributed by atoms with Gasteiger partial charge in [-0.1, -0.05) is 18.9 Å². The van der Waals surface area contributed by atoms with Crippen molar-refractivity contribution in [2.45, 2.75) is 31.9 Å². The van der Waals surface area contributed by atoms with Crippen LogP contribution in [-0.2, 0) is 11.0 Å². The van der Waals surface area contributed by atoms with Crippen LogP contribution in [0.1, 0.15) is 41.7 Å². The van der Waals surface area contributed by atoms with E-state index in [1.807, 2.05) is 6.07 Å². The predicted molar refractivity (Wildman–Crippen MR) is 90.7 cm³/mol. The molecule has 146 valence electrons. The first-order valence-corrected chi connectivity index (χ1v) is 8.39. The van der Waals surface area contributed by atoms with E-state index in [9.17, 15) is 28.0 Å². The van der Waals surface area contributed by atoms with Crippen molar-refractivity contribution in [1.82, 2.24) is 9.78 Å². The molecule has 0 radical (unpaired) electrons. The molecule has 1 fully saturated rings. The second-order valence-electron chi connectivity index (χ2n) is 6.53. The van der Waals surface area contributed by atoms with E-state index in [-0.39, 0.29) is 11.4 Å². The van der Waals surface area contributed by atoms with E-state index in [1.165, 1.54) is 24.3 Å². The summed E-state index contributed by atoms with van der Waals surface area (Å²) in [6, 6.07) is 7.46. The summed E-state index contributed by atoms with van der Waals surface area (Å²) >= 11 is 0. The van der Waals surface area contributed by atoms with Gasteiger partial charge in [-0.2, -0.15) is 23.5 Å². The molecule has 7 nitrogen and oxygen atoms in total. The van der Waals surface area contributed by atoms with E-state index in [0.29, 0.717) is 23.7 Å². The van der Waals surface area contributed by atoms with Gasteiger partial charge in [0.25, 0.3) is 0 Å². The number of carboxylic acid groups (broad SMARTS) is 1. The molecule has 1 aliphatic carbocycles. The van der Waals surface area contributed by atoms with Crippen molar-refractivity contribution in [1.29, 1.82) is 5.26 Å². The van der Waals surface area contributed by atoms with E-state index in [0.717, 1.165) is 12.8 Å². The Morgan fingerprint density at radius 2 is 1.96 bits per heavy atom. The van der Waals surface area contributed by atoms with E-state index in [1.54, 1.807) is 0 Å². The van der Waals surface area contributed by atoms with Crippen molar-refractivity contribution in [2.24, 2.45) is 5.41 Å². The van der Waals surface area contributed by atoms with Crippen molar-refractivity contribution in [3.05, 3.63) is 41.7 Å². The Labute approximate surface area is 157 Å². The highest BCUT2D eigenvalue weighted by molar-refractivity contribution is 5.97. The molecule has 10 heteroatoms. The van der Waals surface area contributed by atoms with Gasteiger partial charge in [0.15, 0.2) is 5.69 Å². The third-order valence-corrected chi connectivity index (χ3v) is 4.72. The molecule has 1 amide bonds. The fourth-order valence-electron chi connectivity index (χ4n) is 3.31. The lowest BCUT2D eigenvalue weighted by Crippen LogP contribution is -2.32. The molecule has 3 rings (SSSR count). The first kappa shape index (κ1) is 19.4. The minimum atomic E-state index is -4.95. The summed E-state index contributed by atoms with van der Waals surface area (Å²) in [7, 11) is 0. The Morgan fingerprint density at radius 1 is 1.29 bits per heavy atom. The Bertz CT molecular complexity index is 969. The lowest BCUT2D eigenvalue weighted by molar-refractivity contribution is -0.143. The van der Waals surface area contributed by atoms with Crippen LogP contribution in [0.3, 0.4) is 0 Å². The number of halogens is 3. The Hall–Kier alpha value is -3.35. The quantitative estimate of drug-likeness (QED) is 0.826. The number of nitrogens with zero attached hydrogens (tertiary/aromatic N) is 3. The molecule has 0 aliphatic heterocycles. The largest absolute Gasteiger partial charge is 0.478 e. The van der Waals surface area contributed by atoms with Gasteiger partial charge in [-0.15, -0.1) is 0 Å². The Balaban J connectivity index is 1.96. The summed E-state index contributed by atoms with van der Waals surface area (Å²) in [6.45, 7) is 0. The maximum Gasteiger partial charge on any atom is 0.434 e. The number of amides is 1. The molecule has 1 saturated carbocycles. The molecular formula is C18H15F3N4O3. The van der Waals surface area contributed by atoms with Crippen LogP contribution in [0.4, 0.5) is 18.9 Å². The zero-order chi connectivity index (χ0) is 20.5. The Morgan fingerprint density at radius 3 is 2.54 bits per heavy atom. The van der Waals surface area contributed by atoms with Crippen LogP contribution in [0.5, 0.6) is 0 Å². The van der Waals surface area contributed by atoms with Gasteiger partial charge >= 0.3 is 12.1 Å². The number of nitriles is 1. The highest BCUT2D eigenvalue weighted by atomic mass is 19.4. The van der Waals surface area contributed by atoms with Crippen molar-refractivity contribution in [3.63, 3.8) is 0 Å². The molecule has 0 spiro atoms. The molecule has 0 atom stereocenters. The molecule has 28 heavy (non-hydrogen) atoms. The third kappa shape index (κ3) is 3.43. The molecule has 0 saturated heterocycles. The first-order chi connectivity index (χ1) is 13.2. The number of anilines is 1. The van der Waals surface area contributed by atoms with Crippen LogP contribution in [0.15, 0.2) is 30.5 Å². The van der Waals surface area contributed by atoms with Crippen molar-refractivity contribution < 1.29 is 27.9 Å². The molecule has 1 aromatic carbocycles. The topological polar surface area (TPSA) is 108 Å². The number of carbonyl (C=O) groups excluding carboxylic acids is 1. The van der Waals surface area contributed by atoms with E-state index >= 15 is 0 Å². The van der Waals surface area contributed by atoms with E-state index in [4.69, 9.17) is 5.11 Å². The van der Waals surface area contributed by atoms with Crippen LogP contribution in [0.25, 0.3) is 5.69 Å². The number of nitrogens with one attached hydrogen (secondary N) is 1. The van der Waals surface area contributed by atoms with Gasteiger partial charge in [-0.3, -0.25) is 4.79 Å². The summed E-state index contributed by atoms with van der Waals surface area (Å²) < 4.78 is 40.6. The van der Waals surface area contributed by atoms with Crippen LogP contribution >= 0.6 is 0 Å². The van der Waals surface area contributed by atoms with Gasteiger partial charge < -0.3 is 10.4 Å². The minimum absolute atomic E-state index is 0.0740. The smallest absolute Gasteiger partial charge is 0.434 e. The lowest BCUT2D eigenvalue weighted by atomic mass is 9.87. The second-order valence-corrected chi connectivity index (χ2v) is 6.53. The van der Waals surface area contributed by atoms with E-state index in [2.05, 4.69) is 10.4 Å². The number of aromatic carboxylic acids is 1. The summed E-state index contributed by atoms with van der Waals surface area (Å²) in [5.74, 6) is -2.26. The number of rotatable bonds is 4. The van der Waals surface area contributed by atoms with Gasteiger partial charge in [-0.25, -0.2) is 9.48 Å². The van der Waals surface area contributed by atoms with Gasteiger partial charge in [-0.05, 0) is 31.0 Å². The monoisotopic (exact) mass is 392 g/mol. The first-order valence-electron chi connectivity index (χ1n) is 8.39. The molecule has 2 aromatic rings. The minimum Gasteiger partial charge on any atom is -0.478 e. The fraction of sp³-hybridized carbons (Fsp3) is 0.333. The fourth-order valence-corrected chi connectivity index (χ4v) is 3.31. The molecule has 1 heterocycles. The van der Waals surface area contributed by atoms with Crippen molar-refractivity contribution in [3.8, 4) is 11.8 Å². The highest BCUT2D eigenvalue weighted by Gasteiger charge is 2.42. The molecular weight excluding hydrogens is 377 g/mol. The average Bonchev–Trinajstić information content (AvgIpc) is 3.29. The zero-order valence-electron chi connectivity index (χ0n) is 14.5. The second kappa shape index (κ2) is 6.99. The molecule has 2 N–H and O–H groups in total. The highest BCUT2D eigenvalue weighted by Crippen LogP contribution is 2.39. The van der Waals surface area contributed by atoms with Crippen LogP contribution < -0.4 is 5.32 Å². The van der Waals surface area contributed by atoms with Crippen LogP contribution in [0, 0.1) is 16.7 Å². The molecule has 1 aromatic heterocycles. The van der Waals surface area contributed by atoms with Crippen molar-refractivity contribution in [2.75, 3.05) is 5.32 Å². The van der Waals surface area contributed by atoms with Crippen molar-refractivity contribution >= 4 is 17.6 Å². The third-order valence-electron chi connectivity index (χ3n) is 4.72.